The zero-order valence-electron chi connectivity index (χ0n) is 11.7. The zero-order valence-corrected chi connectivity index (χ0v) is 14.1. The molecule has 0 N–H and O–H groups in total. The Hall–Kier alpha value is -0.470. The predicted octanol–water partition coefficient (Wildman–Crippen LogP) is 2.12. The van der Waals surface area contributed by atoms with E-state index in [9.17, 15) is 8.42 Å². The second kappa shape index (κ2) is 8.74. The number of halogens is 1. The first-order valence-electron chi connectivity index (χ1n) is 6.26. The van der Waals surface area contributed by atoms with Crippen LogP contribution in [0, 0.1) is 0 Å². The maximum absolute atomic E-state index is 12.6. The topological polar surface area (TPSA) is 55.8 Å². The van der Waals surface area contributed by atoms with Gasteiger partial charge in [-0.3, -0.25) is 0 Å². The maximum Gasteiger partial charge on any atom is 0.243 e. The normalized spacial score (nSPS) is 12.0. The average molecular weight is 366 g/mol. The first-order valence-corrected chi connectivity index (χ1v) is 8.49. The molecule has 0 aliphatic rings. The molecular weight excluding hydrogens is 346 g/mol. The summed E-state index contributed by atoms with van der Waals surface area (Å²) in [4.78, 5) is 0.278. The summed E-state index contributed by atoms with van der Waals surface area (Å²) in [5, 5.41) is 0. The van der Waals surface area contributed by atoms with Crippen LogP contribution >= 0.6 is 15.9 Å². The van der Waals surface area contributed by atoms with Gasteiger partial charge in [-0.15, -0.1) is 0 Å². The highest BCUT2D eigenvalue weighted by atomic mass is 79.9. The molecule has 0 aliphatic heterocycles. The van der Waals surface area contributed by atoms with Crippen molar-refractivity contribution in [1.82, 2.24) is 4.31 Å². The van der Waals surface area contributed by atoms with Crippen LogP contribution in [0.2, 0.25) is 0 Å². The lowest BCUT2D eigenvalue weighted by atomic mass is 10.4. The molecule has 0 saturated carbocycles. The van der Waals surface area contributed by atoms with Crippen LogP contribution in [0.15, 0.2) is 33.6 Å². The van der Waals surface area contributed by atoms with E-state index in [0.717, 1.165) is 4.47 Å². The van der Waals surface area contributed by atoms with Crippen LogP contribution in [-0.2, 0) is 19.5 Å². The highest BCUT2D eigenvalue weighted by Gasteiger charge is 2.23. The van der Waals surface area contributed by atoms with Gasteiger partial charge in [0.25, 0.3) is 0 Å². The van der Waals surface area contributed by atoms with Crippen molar-refractivity contribution in [3.8, 4) is 0 Å². The molecule has 7 heteroatoms. The molecule has 0 unspecified atom stereocenters. The Bertz CT molecular complexity index is 507. The molecule has 0 amide bonds. The van der Waals surface area contributed by atoms with Gasteiger partial charge in [-0.2, -0.15) is 4.31 Å². The van der Waals surface area contributed by atoms with Gasteiger partial charge in [-0.1, -0.05) is 22.0 Å². The van der Waals surface area contributed by atoms with E-state index < -0.39 is 10.0 Å². The van der Waals surface area contributed by atoms with Crippen LogP contribution in [0.4, 0.5) is 0 Å². The van der Waals surface area contributed by atoms with Crippen LogP contribution in [0.25, 0.3) is 0 Å². The number of ether oxygens (including phenoxy) is 2. The fourth-order valence-electron chi connectivity index (χ4n) is 1.71. The van der Waals surface area contributed by atoms with Crippen molar-refractivity contribution in [2.75, 3.05) is 40.5 Å². The van der Waals surface area contributed by atoms with Gasteiger partial charge < -0.3 is 9.47 Å². The van der Waals surface area contributed by atoms with Gasteiger partial charge in [-0.05, 0) is 24.6 Å². The average Bonchev–Trinajstić information content (AvgIpc) is 2.42. The Labute approximate surface area is 129 Å². The van der Waals surface area contributed by atoms with Gasteiger partial charge >= 0.3 is 0 Å². The molecule has 20 heavy (non-hydrogen) atoms. The Kier molecular flexibility index (Phi) is 7.68. The second-order valence-corrected chi connectivity index (χ2v) is 7.05. The van der Waals surface area contributed by atoms with E-state index in [1.54, 1.807) is 38.5 Å². The summed E-state index contributed by atoms with van der Waals surface area (Å²) in [7, 11) is -0.354. The summed E-state index contributed by atoms with van der Waals surface area (Å²) in [6, 6.07) is 6.70. The molecule has 1 aromatic rings. The van der Waals surface area contributed by atoms with Crippen molar-refractivity contribution in [2.45, 2.75) is 11.3 Å². The minimum atomic E-state index is -3.51. The first kappa shape index (κ1) is 17.6. The maximum atomic E-state index is 12.6. The van der Waals surface area contributed by atoms with Gasteiger partial charge in [0.15, 0.2) is 0 Å². The molecule has 1 rings (SSSR count). The largest absolute Gasteiger partial charge is 0.385 e. The molecule has 0 aliphatic carbocycles. The molecule has 0 bridgehead atoms. The molecule has 1 aromatic carbocycles. The number of hydrogen-bond donors (Lipinski definition) is 0. The summed E-state index contributed by atoms with van der Waals surface area (Å²) in [5.74, 6) is 0. The highest BCUT2D eigenvalue weighted by Crippen LogP contribution is 2.20. The third-order valence-corrected chi connectivity index (χ3v) is 5.12. The molecule has 0 radical (unpaired) electrons. The van der Waals surface area contributed by atoms with Crippen LogP contribution in [0.3, 0.4) is 0 Å². The van der Waals surface area contributed by atoms with Crippen LogP contribution in [-0.4, -0.2) is 53.2 Å². The van der Waals surface area contributed by atoms with Crippen LogP contribution in [0.1, 0.15) is 6.42 Å². The smallest absolute Gasteiger partial charge is 0.243 e. The minimum absolute atomic E-state index is 0.278. The van der Waals surface area contributed by atoms with E-state index in [2.05, 4.69) is 15.9 Å². The zero-order chi connectivity index (χ0) is 15.0. The van der Waals surface area contributed by atoms with E-state index in [1.165, 1.54) is 4.31 Å². The molecular formula is C13H20BrNO4S. The fraction of sp³-hybridized carbons (Fsp3) is 0.538. The van der Waals surface area contributed by atoms with E-state index in [4.69, 9.17) is 9.47 Å². The summed E-state index contributed by atoms with van der Waals surface area (Å²) in [5.41, 5.74) is 0. The van der Waals surface area contributed by atoms with E-state index in [0.29, 0.717) is 32.7 Å². The lowest BCUT2D eigenvalue weighted by molar-refractivity contribution is 0.164. The first-order chi connectivity index (χ1) is 9.52. The van der Waals surface area contributed by atoms with E-state index >= 15 is 0 Å². The standard InChI is InChI=1S/C13H20BrNO4S/c1-18-9-4-7-15(8-10-19-2)20(16,17)13-6-3-5-12(14)11-13/h3,5-6,11H,4,7-10H2,1-2H3. The third kappa shape index (κ3) is 5.14. The lowest BCUT2D eigenvalue weighted by Crippen LogP contribution is -2.35. The van der Waals surface area contributed by atoms with Crippen molar-refractivity contribution in [3.05, 3.63) is 28.7 Å². The second-order valence-electron chi connectivity index (χ2n) is 4.20. The molecule has 5 nitrogen and oxygen atoms in total. The summed E-state index contributed by atoms with van der Waals surface area (Å²) >= 11 is 3.29. The number of nitrogens with zero attached hydrogens (tertiary/aromatic N) is 1. The van der Waals surface area contributed by atoms with Crippen molar-refractivity contribution < 1.29 is 17.9 Å². The fourth-order valence-corrected chi connectivity index (χ4v) is 3.77. The molecule has 0 atom stereocenters. The number of hydrogen-bond acceptors (Lipinski definition) is 4. The van der Waals surface area contributed by atoms with Gasteiger partial charge in [0.2, 0.25) is 10.0 Å². The molecule has 0 aromatic heterocycles. The lowest BCUT2D eigenvalue weighted by Gasteiger charge is -2.22. The van der Waals surface area contributed by atoms with Gasteiger partial charge in [0.1, 0.15) is 0 Å². The summed E-state index contributed by atoms with van der Waals surface area (Å²) < 4.78 is 37.3. The molecule has 0 saturated heterocycles. The number of sulfonamides is 1. The van der Waals surface area contributed by atoms with Gasteiger partial charge in [-0.25, -0.2) is 8.42 Å². The Morgan fingerprint density at radius 2 is 1.85 bits per heavy atom. The number of rotatable bonds is 9. The summed E-state index contributed by atoms with van der Waals surface area (Å²) in [6.07, 6.45) is 0.646. The molecule has 114 valence electrons. The van der Waals surface area contributed by atoms with Crippen molar-refractivity contribution in [1.29, 1.82) is 0 Å². The Morgan fingerprint density at radius 1 is 1.15 bits per heavy atom. The van der Waals surface area contributed by atoms with Crippen molar-refractivity contribution >= 4 is 26.0 Å². The number of methoxy groups -OCH3 is 2. The van der Waals surface area contributed by atoms with Crippen molar-refractivity contribution in [3.63, 3.8) is 0 Å². The van der Waals surface area contributed by atoms with Crippen molar-refractivity contribution in [2.24, 2.45) is 0 Å². The quantitative estimate of drug-likeness (QED) is 0.629. The van der Waals surface area contributed by atoms with Crippen LogP contribution < -0.4 is 0 Å². The monoisotopic (exact) mass is 365 g/mol. The van der Waals surface area contributed by atoms with E-state index in [-0.39, 0.29) is 4.90 Å². The minimum Gasteiger partial charge on any atom is -0.385 e. The Balaban J connectivity index is 2.91. The highest BCUT2D eigenvalue weighted by molar-refractivity contribution is 9.10. The predicted molar refractivity (Wildman–Crippen MR) is 81.3 cm³/mol. The van der Waals surface area contributed by atoms with E-state index in [1.807, 2.05) is 0 Å². The van der Waals surface area contributed by atoms with Gasteiger partial charge in [0.05, 0.1) is 11.5 Å². The number of benzene rings is 1. The third-order valence-electron chi connectivity index (χ3n) is 2.73. The SMILES string of the molecule is COCCCN(CCOC)S(=O)(=O)c1cccc(Br)c1. The molecule has 0 heterocycles. The summed E-state index contributed by atoms with van der Waals surface area (Å²) in [6.45, 7) is 1.62. The molecule has 0 spiro atoms. The Morgan fingerprint density at radius 3 is 2.45 bits per heavy atom. The van der Waals surface area contributed by atoms with Gasteiger partial charge in [0, 0.05) is 38.4 Å². The molecule has 0 fully saturated rings. The van der Waals surface area contributed by atoms with Crippen LogP contribution in [0.5, 0.6) is 0 Å².